The zero-order valence-electron chi connectivity index (χ0n) is 19.9. The number of fused-ring (bicyclic) bond motifs is 2. The van der Waals surface area contributed by atoms with Crippen molar-refractivity contribution in [3.05, 3.63) is 65.5 Å². The number of ether oxygens (including phenoxy) is 1. The van der Waals surface area contributed by atoms with Crippen LogP contribution in [0, 0.1) is 24.7 Å². The smallest absolute Gasteiger partial charge is 0.123 e. The molecule has 0 radical (unpaired) electrons. The monoisotopic (exact) mass is 454 g/mol. The average molecular weight is 455 g/mol. The van der Waals surface area contributed by atoms with Gasteiger partial charge in [0.1, 0.15) is 23.5 Å². The number of likely N-dealkylation sites (tertiary alicyclic amines) is 1. The fourth-order valence-electron chi connectivity index (χ4n) is 5.05. The first kappa shape index (κ1) is 21.9. The van der Waals surface area contributed by atoms with Gasteiger partial charge in [0.15, 0.2) is 0 Å². The number of benzene rings is 3. The molecule has 1 aliphatic rings. The van der Waals surface area contributed by atoms with Gasteiger partial charge in [-0.2, -0.15) is 0 Å². The van der Waals surface area contributed by atoms with E-state index in [4.69, 9.17) is 26.3 Å². The molecule has 7 heteroatoms. The van der Waals surface area contributed by atoms with E-state index in [9.17, 15) is 0 Å². The molecule has 0 spiro atoms. The highest BCUT2D eigenvalue weighted by atomic mass is 16.5. The number of aromatic nitrogens is 2. The molecule has 0 amide bonds. The quantitative estimate of drug-likeness (QED) is 0.301. The van der Waals surface area contributed by atoms with Gasteiger partial charge in [-0.05, 0) is 62.8 Å². The van der Waals surface area contributed by atoms with Crippen LogP contribution in [0.5, 0.6) is 5.75 Å². The van der Waals surface area contributed by atoms with E-state index in [-0.39, 0.29) is 11.9 Å². The average Bonchev–Trinajstić information content (AvgIpc) is 3.14. The van der Waals surface area contributed by atoms with E-state index in [0.29, 0.717) is 5.84 Å². The van der Waals surface area contributed by atoms with Gasteiger partial charge in [-0.3, -0.25) is 15.4 Å². The Hall–Kier alpha value is -3.87. The number of aryl methyl sites for hydroxylation is 2. The van der Waals surface area contributed by atoms with Crippen LogP contribution < -0.4 is 10.5 Å². The third-order valence-electron chi connectivity index (χ3n) is 6.68. The molecule has 5 rings (SSSR count). The van der Waals surface area contributed by atoms with Crippen molar-refractivity contribution in [3.8, 4) is 11.4 Å². The summed E-state index contributed by atoms with van der Waals surface area (Å²) >= 11 is 0. The Morgan fingerprint density at radius 3 is 2.59 bits per heavy atom. The number of nitrogens with one attached hydrogen (secondary N) is 2. The first-order valence-corrected chi connectivity index (χ1v) is 11.7. The normalized spacial score (nSPS) is 16.2. The number of nitrogens with two attached hydrogens (primary N) is 1. The van der Waals surface area contributed by atoms with Gasteiger partial charge in [0.2, 0.25) is 0 Å². The van der Waals surface area contributed by atoms with Gasteiger partial charge in [0.25, 0.3) is 0 Å². The molecule has 4 aromatic rings. The lowest BCUT2D eigenvalue weighted by atomic mass is 10.0. The van der Waals surface area contributed by atoms with Crippen LogP contribution in [0.2, 0.25) is 0 Å². The second-order valence-corrected chi connectivity index (χ2v) is 9.11. The number of hydrogen-bond acceptors (Lipinski definition) is 4. The molecular formula is C27H30N6O. The standard InChI is InChI=1S/C27H30N6O/c1-16-13-20(34-19-7-6-12-32(15-19)17(2)28)14-25-26(16)31-18(3)33(25)24-11-10-23(27(29)30)21-8-4-5-9-22(21)24/h4-5,8-11,13-14,19,28H,6-7,12,15H2,1-3H3,(H3,29,30). The fraction of sp³-hybridized carbons (Fsp3) is 0.296. The Kier molecular flexibility index (Phi) is 5.48. The summed E-state index contributed by atoms with van der Waals surface area (Å²) in [7, 11) is 0. The molecule has 1 atom stereocenters. The maximum Gasteiger partial charge on any atom is 0.123 e. The van der Waals surface area contributed by atoms with Crippen LogP contribution in [0.15, 0.2) is 48.5 Å². The SMILES string of the molecule is CC(=N)N1CCCC(Oc2cc(C)c3nc(C)n(-c4ccc(C(=N)N)c5ccccc45)c3c2)C1. The zero-order chi connectivity index (χ0) is 24.0. The summed E-state index contributed by atoms with van der Waals surface area (Å²) in [4.78, 5) is 6.96. The summed E-state index contributed by atoms with van der Waals surface area (Å²) in [5.41, 5.74) is 10.6. The maximum absolute atomic E-state index is 7.98. The van der Waals surface area contributed by atoms with Crippen LogP contribution in [0.1, 0.15) is 36.7 Å². The Morgan fingerprint density at radius 2 is 1.85 bits per heavy atom. The van der Waals surface area contributed by atoms with Gasteiger partial charge in [-0.25, -0.2) is 4.98 Å². The molecule has 0 aliphatic carbocycles. The molecule has 4 N–H and O–H groups in total. The molecule has 174 valence electrons. The minimum absolute atomic E-state index is 0.0547. The van der Waals surface area contributed by atoms with E-state index < -0.39 is 0 Å². The van der Waals surface area contributed by atoms with Crippen molar-refractivity contribution in [1.82, 2.24) is 14.5 Å². The second kappa shape index (κ2) is 8.48. The van der Waals surface area contributed by atoms with Gasteiger partial charge in [-0.15, -0.1) is 0 Å². The first-order valence-electron chi connectivity index (χ1n) is 11.7. The molecule has 1 unspecified atom stereocenters. The summed E-state index contributed by atoms with van der Waals surface area (Å²) in [6, 6.07) is 16.1. The third kappa shape index (κ3) is 3.77. The van der Waals surface area contributed by atoms with Crippen molar-refractivity contribution in [2.75, 3.05) is 13.1 Å². The Bertz CT molecular complexity index is 1440. The van der Waals surface area contributed by atoms with Gasteiger partial charge in [-0.1, -0.05) is 24.3 Å². The minimum atomic E-state index is 0.0547. The van der Waals surface area contributed by atoms with Crippen LogP contribution in [-0.2, 0) is 0 Å². The molecule has 3 aromatic carbocycles. The Balaban J connectivity index is 1.62. The molecular weight excluding hydrogens is 424 g/mol. The highest BCUT2D eigenvalue weighted by Gasteiger charge is 2.23. The number of nitrogens with zero attached hydrogens (tertiary/aromatic N) is 3. The van der Waals surface area contributed by atoms with Gasteiger partial charge in [0.05, 0.1) is 29.1 Å². The zero-order valence-corrected chi connectivity index (χ0v) is 19.9. The number of piperidine rings is 1. The third-order valence-corrected chi connectivity index (χ3v) is 6.68. The van der Waals surface area contributed by atoms with Crippen molar-refractivity contribution in [3.63, 3.8) is 0 Å². The van der Waals surface area contributed by atoms with Crippen LogP contribution >= 0.6 is 0 Å². The Labute approximate surface area is 199 Å². The number of rotatable bonds is 4. The minimum Gasteiger partial charge on any atom is -0.488 e. The van der Waals surface area contributed by atoms with Crippen LogP contribution in [0.4, 0.5) is 0 Å². The topological polar surface area (TPSA) is 104 Å². The number of nitrogen functional groups attached to an aromatic ring is 1. The highest BCUT2D eigenvalue weighted by molar-refractivity contribution is 6.10. The summed E-state index contributed by atoms with van der Waals surface area (Å²) in [6.07, 6.45) is 2.06. The molecule has 1 fully saturated rings. The first-order chi connectivity index (χ1) is 16.3. The van der Waals surface area contributed by atoms with Gasteiger partial charge < -0.3 is 15.4 Å². The summed E-state index contributed by atoms with van der Waals surface area (Å²) in [5, 5.41) is 17.9. The number of imidazole rings is 1. The number of hydrogen-bond donors (Lipinski definition) is 3. The predicted molar refractivity (Wildman–Crippen MR) is 138 cm³/mol. The second-order valence-electron chi connectivity index (χ2n) is 9.11. The van der Waals surface area contributed by atoms with E-state index in [1.807, 2.05) is 44.2 Å². The molecule has 1 saturated heterocycles. The van der Waals surface area contributed by atoms with Crippen molar-refractivity contribution in [2.45, 2.75) is 39.7 Å². The van der Waals surface area contributed by atoms with Crippen LogP contribution in [0.25, 0.3) is 27.5 Å². The van der Waals surface area contributed by atoms with Gasteiger partial charge >= 0.3 is 0 Å². The van der Waals surface area contributed by atoms with E-state index in [0.717, 1.165) is 76.1 Å². The van der Waals surface area contributed by atoms with Crippen molar-refractivity contribution in [1.29, 1.82) is 10.8 Å². The largest absolute Gasteiger partial charge is 0.488 e. The van der Waals surface area contributed by atoms with E-state index in [1.165, 1.54) is 0 Å². The summed E-state index contributed by atoms with van der Waals surface area (Å²) in [6.45, 7) is 7.57. The van der Waals surface area contributed by atoms with E-state index in [1.54, 1.807) is 0 Å². The van der Waals surface area contributed by atoms with Crippen molar-refractivity contribution in [2.24, 2.45) is 5.73 Å². The molecule has 0 saturated carbocycles. The van der Waals surface area contributed by atoms with E-state index >= 15 is 0 Å². The fourth-order valence-corrected chi connectivity index (χ4v) is 5.05. The molecule has 2 heterocycles. The molecule has 1 aliphatic heterocycles. The summed E-state index contributed by atoms with van der Waals surface area (Å²) < 4.78 is 8.60. The van der Waals surface area contributed by atoms with Crippen LogP contribution in [-0.4, -0.2) is 45.3 Å². The summed E-state index contributed by atoms with van der Waals surface area (Å²) in [5.74, 6) is 2.36. The van der Waals surface area contributed by atoms with E-state index in [2.05, 4.69) is 34.6 Å². The van der Waals surface area contributed by atoms with Crippen molar-refractivity contribution < 1.29 is 4.74 Å². The van der Waals surface area contributed by atoms with Crippen molar-refractivity contribution >= 4 is 33.5 Å². The number of amidine groups is 2. The molecule has 7 nitrogen and oxygen atoms in total. The molecule has 1 aromatic heterocycles. The predicted octanol–water partition coefficient (Wildman–Crippen LogP) is 4.92. The molecule has 0 bridgehead atoms. The highest BCUT2D eigenvalue weighted by Crippen LogP contribution is 2.33. The maximum atomic E-state index is 7.98. The lowest BCUT2D eigenvalue weighted by Gasteiger charge is -2.33. The lowest BCUT2D eigenvalue weighted by molar-refractivity contribution is 0.124. The Morgan fingerprint density at radius 1 is 1.09 bits per heavy atom. The van der Waals surface area contributed by atoms with Crippen LogP contribution in [0.3, 0.4) is 0 Å². The molecule has 34 heavy (non-hydrogen) atoms. The van der Waals surface area contributed by atoms with Gasteiger partial charge in [0, 0.05) is 23.6 Å². The lowest BCUT2D eigenvalue weighted by Crippen LogP contribution is -2.43.